The third-order valence-electron chi connectivity index (χ3n) is 4.73. The quantitative estimate of drug-likeness (QED) is 0.819. The smallest absolute Gasteiger partial charge is 0.143 e. The summed E-state index contributed by atoms with van der Waals surface area (Å²) < 4.78 is 13.8. The lowest BCUT2D eigenvalue weighted by Crippen LogP contribution is -2.58. The Kier molecular flexibility index (Phi) is 3.91. The van der Waals surface area contributed by atoms with Crippen molar-refractivity contribution < 1.29 is 4.39 Å². The second-order valence-corrected chi connectivity index (χ2v) is 6.76. The Hall–Kier alpha value is -0.800. The minimum atomic E-state index is -0.319. The lowest BCUT2D eigenvalue weighted by atomic mass is 9.96. The Morgan fingerprint density at radius 1 is 1.30 bits per heavy atom. The van der Waals surface area contributed by atoms with Crippen LogP contribution in [0, 0.1) is 11.7 Å². The number of anilines is 1. The van der Waals surface area contributed by atoms with E-state index in [0.717, 1.165) is 18.8 Å². The van der Waals surface area contributed by atoms with Gasteiger partial charge in [0.05, 0.1) is 5.02 Å². The molecule has 2 saturated heterocycles. The van der Waals surface area contributed by atoms with E-state index in [1.165, 1.54) is 19.4 Å². The second-order valence-electron chi connectivity index (χ2n) is 6.35. The Morgan fingerprint density at radius 3 is 2.80 bits per heavy atom. The summed E-state index contributed by atoms with van der Waals surface area (Å²) in [4.78, 5) is 4.99. The van der Waals surface area contributed by atoms with E-state index in [9.17, 15) is 4.39 Å². The topological polar surface area (TPSA) is 6.48 Å². The molecule has 0 N–H and O–H groups in total. The SMILES string of the molecule is CC(C)C1CN2CCCC2CN1c1ccc(Cl)c(F)c1. The molecule has 2 heterocycles. The van der Waals surface area contributed by atoms with Gasteiger partial charge in [-0.1, -0.05) is 25.4 Å². The standard InChI is InChI=1S/C16H22ClFN2/c1-11(2)16-10-19-7-3-4-13(19)9-20(16)12-5-6-14(17)15(18)8-12/h5-6,8,11,13,16H,3-4,7,9-10H2,1-2H3. The summed E-state index contributed by atoms with van der Waals surface area (Å²) in [6.07, 6.45) is 2.55. The number of halogens is 2. The fourth-order valence-corrected chi connectivity index (χ4v) is 3.69. The van der Waals surface area contributed by atoms with Crippen molar-refractivity contribution in [1.29, 1.82) is 0 Å². The highest BCUT2D eigenvalue weighted by atomic mass is 35.5. The van der Waals surface area contributed by atoms with E-state index < -0.39 is 0 Å². The molecule has 0 spiro atoms. The van der Waals surface area contributed by atoms with E-state index in [0.29, 0.717) is 18.0 Å². The van der Waals surface area contributed by atoms with Gasteiger partial charge in [0, 0.05) is 30.9 Å². The van der Waals surface area contributed by atoms with Gasteiger partial charge in [0.25, 0.3) is 0 Å². The van der Waals surface area contributed by atoms with Crippen molar-refractivity contribution in [3.8, 4) is 0 Å². The van der Waals surface area contributed by atoms with Gasteiger partial charge in [-0.05, 0) is 43.5 Å². The molecular formula is C16H22ClFN2. The molecule has 1 aromatic rings. The Morgan fingerprint density at radius 2 is 2.10 bits per heavy atom. The summed E-state index contributed by atoms with van der Waals surface area (Å²) in [7, 11) is 0. The van der Waals surface area contributed by atoms with Crippen molar-refractivity contribution in [3.63, 3.8) is 0 Å². The molecule has 110 valence electrons. The number of hydrogen-bond acceptors (Lipinski definition) is 2. The zero-order valence-corrected chi connectivity index (χ0v) is 12.9. The summed E-state index contributed by atoms with van der Waals surface area (Å²) in [5.41, 5.74) is 0.970. The van der Waals surface area contributed by atoms with Crippen LogP contribution < -0.4 is 4.90 Å². The van der Waals surface area contributed by atoms with Crippen molar-refractivity contribution in [1.82, 2.24) is 4.90 Å². The highest BCUT2D eigenvalue weighted by Gasteiger charge is 2.37. The Balaban J connectivity index is 1.89. The van der Waals surface area contributed by atoms with Crippen molar-refractivity contribution in [2.75, 3.05) is 24.5 Å². The van der Waals surface area contributed by atoms with Crippen molar-refractivity contribution in [2.24, 2.45) is 5.92 Å². The van der Waals surface area contributed by atoms with Crippen LogP contribution in [-0.4, -0.2) is 36.6 Å². The maximum absolute atomic E-state index is 13.8. The molecule has 0 aromatic heterocycles. The van der Waals surface area contributed by atoms with Gasteiger partial charge in [-0.15, -0.1) is 0 Å². The molecule has 0 radical (unpaired) electrons. The average Bonchev–Trinajstić information content (AvgIpc) is 2.87. The first kappa shape index (κ1) is 14.2. The number of rotatable bonds is 2. The zero-order chi connectivity index (χ0) is 14.3. The monoisotopic (exact) mass is 296 g/mol. The van der Waals surface area contributed by atoms with E-state index in [-0.39, 0.29) is 10.8 Å². The lowest BCUT2D eigenvalue weighted by molar-refractivity contribution is 0.176. The third kappa shape index (κ3) is 2.53. The van der Waals surface area contributed by atoms with Crippen molar-refractivity contribution in [3.05, 3.63) is 29.0 Å². The molecule has 3 rings (SSSR count). The number of nitrogens with zero attached hydrogens (tertiary/aromatic N) is 2. The van der Waals surface area contributed by atoms with Gasteiger partial charge in [0.1, 0.15) is 5.82 Å². The van der Waals surface area contributed by atoms with Crippen LogP contribution in [0.15, 0.2) is 18.2 Å². The van der Waals surface area contributed by atoms with E-state index in [4.69, 9.17) is 11.6 Å². The molecular weight excluding hydrogens is 275 g/mol. The summed E-state index contributed by atoms with van der Waals surface area (Å²) in [6, 6.07) is 6.28. The van der Waals surface area contributed by atoms with Crippen LogP contribution in [0.5, 0.6) is 0 Å². The van der Waals surface area contributed by atoms with Crippen molar-refractivity contribution >= 4 is 17.3 Å². The first-order valence-electron chi connectivity index (χ1n) is 7.52. The van der Waals surface area contributed by atoms with Gasteiger partial charge in [0.2, 0.25) is 0 Å². The highest BCUT2D eigenvalue weighted by molar-refractivity contribution is 6.30. The number of fused-ring (bicyclic) bond motifs is 1. The molecule has 1 aromatic carbocycles. The highest BCUT2D eigenvalue weighted by Crippen LogP contribution is 2.32. The molecule has 2 unspecified atom stereocenters. The predicted octanol–water partition coefficient (Wildman–Crippen LogP) is 3.79. The van der Waals surface area contributed by atoms with Crippen LogP contribution in [0.3, 0.4) is 0 Å². The maximum Gasteiger partial charge on any atom is 0.143 e. The molecule has 2 aliphatic rings. The van der Waals surface area contributed by atoms with Crippen LogP contribution in [0.25, 0.3) is 0 Å². The fraction of sp³-hybridized carbons (Fsp3) is 0.625. The largest absolute Gasteiger partial charge is 0.365 e. The Labute approximate surface area is 125 Å². The molecule has 0 amide bonds. The van der Waals surface area contributed by atoms with E-state index in [2.05, 4.69) is 23.6 Å². The molecule has 2 nitrogen and oxygen atoms in total. The van der Waals surface area contributed by atoms with Gasteiger partial charge < -0.3 is 4.90 Å². The number of piperazine rings is 1. The van der Waals surface area contributed by atoms with Crippen molar-refractivity contribution in [2.45, 2.75) is 38.8 Å². The molecule has 0 bridgehead atoms. The molecule has 2 fully saturated rings. The zero-order valence-electron chi connectivity index (χ0n) is 12.1. The molecule has 2 atom stereocenters. The first-order chi connectivity index (χ1) is 9.56. The van der Waals surface area contributed by atoms with Crippen LogP contribution >= 0.6 is 11.6 Å². The van der Waals surface area contributed by atoms with Gasteiger partial charge in [-0.25, -0.2) is 4.39 Å². The normalized spacial score (nSPS) is 27.1. The number of benzene rings is 1. The third-order valence-corrected chi connectivity index (χ3v) is 5.04. The van der Waals surface area contributed by atoms with Crippen LogP contribution in [-0.2, 0) is 0 Å². The summed E-state index contributed by atoms with van der Waals surface area (Å²) >= 11 is 5.81. The van der Waals surface area contributed by atoms with Gasteiger partial charge >= 0.3 is 0 Å². The molecule has 20 heavy (non-hydrogen) atoms. The first-order valence-corrected chi connectivity index (χ1v) is 7.90. The lowest BCUT2D eigenvalue weighted by Gasteiger charge is -2.46. The summed E-state index contributed by atoms with van der Waals surface area (Å²) in [5, 5.41) is 0.203. The Bertz CT molecular complexity index is 491. The van der Waals surface area contributed by atoms with Gasteiger partial charge in [-0.3, -0.25) is 4.90 Å². The molecule has 0 saturated carbocycles. The predicted molar refractivity (Wildman–Crippen MR) is 82.0 cm³/mol. The van der Waals surface area contributed by atoms with Crippen LogP contribution in [0.4, 0.5) is 10.1 Å². The minimum Gasteiger partial charge on any atom is -0.365 e. The second kappa shape index (κ2) is 5.53. The molecule has 4 heteroatoms. The molecule has 0 aliphatic carbocycles. The van der Waals surface area contributed by atoms with Gasteiger partial charge in [0.15, 0.2) is 0 Å². The average molecular weight is 297 g/mol. The minimum absolute atomic E-state index is 0.203. The van der Waals surface area contributed by atoms with E-state index in [1.807, 2.05) is 6.07 Å². The van der Waals surface area contributed by atoms with E-state index in [1.54, 1.807) is 12.1 Å². The van der Waals surface area contributed by atoms with Crippen LogP contribution in [0.2, 0.25) is 5.02 Å². The summed E-state index contributed by atoms with van der Waals surface area (Å²) in [5.74, 6) is 0.232. The maximum atomic E-state index is 13.8. The number of hydrogen-bond donors (Lipinski definition) is 0. The van der Waals surface area contributed by atoms with Crippen LogP contribution in [0.1, 0.15) is 26.7 Å². The van der Waals surface area contributed by atoms with E-state index >= 15 is 0 Å². The van der Waals surface area contributed by atoms with Gasteiger partial charge in [-0.2, -0.15) is 0 Å². The summed E-state index contributed by atoms with van der Waals surface area (Å²) in [6.45, 7) is 7.81. The molecule has 2 aliphatic heterocycles. The fourth-order valence-electron chi connectivity index (χ4n) is 3.57.